The van der Waals surface area contributed by atoms with Crippen LogP contribution in [0.1, 0.15) is 21.9 Å². The molecule has 0 spiro atoms. The fraction of sp³-hybridized carbons (Fsp3) is 0.125. The zero-order chi connectivity index (χ0) is 20.2. The van der Waals surface area contributed by atoms with Crippen LogP contribution in [0.2, 0.25) is 0 Å². The van der Waals surface area contributed by atoms with E-state index in [0.717, 1.165) is 12.1 Å². The summed E-state index contributed by atoms with van der Waals surface area (Å²) in [4.78, 5) is 33.8. The number of nitrogen functional groups attached to an aromatic ring is 1. The number of hydrogen-bond donors (Lipinski definition) is 2. The second-order valence-corrected chi connectivity index (χ2v) is 5.03. The Labute approximate surface area is 149 Å². The number of amidine groups is 1. The van der Waals surface area contributed by atoms with Crippen molar-refractivity contribution in [2.24, 2.45) is 5.73 Å². The van der Waals surface area contributed by atoms with E-state index in [4.69, 9.17) is 20.3 Å². The van der Waals surface area contributed by atoms with E-state index in [0.29, 0.717) is 5.56 Å². The van der Waals surface area contributed by atoms with Crippen molar-refractivity contribution in [1.29, 1.82) is 5.41 Å². The van der Waals surface area contributed by atoms with Crippen molar-refractivity contribution < 1.29 is 41.4 Å². The summed E-state index contributed by atoms with van der Waals surface area (Å²) in [6, 6.07) is 7.96. The first kappa shape index (κ1) is 19.7. The third kappa shape index (κ3) is 5.42. The monoisotopic (exact) mass is 384 g/mol. The number of carbonyl (C=O) groups excluding carboxylic acids is 3. The number of nitrogens with two attached hydrogens (primary N) is 1. The molecule has 142 valence electrons. The van der Waals surface area contributed by atoms with Crippen LogP contribution >= 0.6 is 0 Å². The van der Waals surface area contributed by atoms with Gasteiger partial charge in [-0.3, -0.25) is 10.2 Å². The Balaban J connectivity index is 1.96. The smallest absolute Gasteiger partial charge is 0.453 e. The van der Waals surface area contributed by atoms with Crippen LogP contribution in [0.4, 0.5) is 13.2 Å². The number of carbonyl (C=O) groups is 3. The number of benzene rings is 1. The van der Waals surface area contributed by atoms with Crippen molar-refractivity contribution in [3.05, 3.63) is 53.5 Å². The summed E-state index contributed by atoms with van der Waals surface area (Å²) in [5.41, 5.74) is 5.71. The van der Waals surface area contributed by atoms with Crippen LogP contribution < -0.4 is 10.5 Å². The highest BCUT2D eigenvalue weighted by Gasteiger charge is 2.42. The highest BCUT2D eigenvalue weighted by atomic mass is 19.4. The molecule has 0 amide bonds. The summed E-state index contributed by atoms with van der Waals surface area (Å²) >= 11 is 0. The second-order valence-electron chi connectivity index (χ2n) is 5.03. The quantitative estimate of drug-likeness (QED) is 0.265. The topological polar surface area (TPSA) is 133 Å². The molecule has 11 heteroatoms. The Hall–Kier alpha value is -3.63. The number of ether oxygens (including phenoxy) is 2. The summed E-state index contributed by atoms with van der Waals surface area (Å²) in [7, 11) is 0. The van der Waals surface area contributed by atoms with E-state index in [-0.39, 0.29) is 23.1 Å². The largest absolute Gasteiger partial charge is 0.491 e. The molecule has 3 N–H and O–H groups in total. The summed E-state index contributed by atoms with van der Waals surface area (Å²) in [5, 5.41) is 7.25. The van der Waals surface area contributed by atoms with Gasteiger partial charge in [0, 0.05) is 5.56 Å². The number of nitrogens with one attached hydrogen (secondary N) is 1. The van der Waals surface area contributed by atoms with E-state index in [1.165, 1.54) is 24.3 Å². The molecule has 1 heterocycles. The standard InChI is InChI=1S/C16H11F3N2O6/c17-16(18,19)15(24)27-12(22)7-10-5-6-11(25-10)14(23)26-9-3-1-8(2-4-9)13(20)21/h1-6H,7H2,(H3,20,21). The number of halogens is 3. The number of alkyl halides is 3. The fourth-order valence-electron chi connectivity index (χ4n) is 1.78. The van der Waals surface area contributed by atoms with Crippen LogP contribution in [0, 0.1) is 5.41 Å². The van der Waals surface area contributed by atoms with Gasteiger partial charge in [0.15, 0.2) is 0 Å². The van der Waals surface area contributed by atoms with Gasteiger partial charge in [0.05, 0.1) is 0 Å². The lowest BCUT2D eigenvalue weighted by Gasteiger charge is -2.04. The Bertz CT molecular complexity index is 886. The van der Waals surface area contributed by atoms with Gasteiger partial charge in [0.1, 0.15) is 23.8 Å². The van der Waals surface area contributed by atoms with Gasteiger partial charge in [-0.1, -0.05) is 0 Å². The number of hydrogen-bond acceptors (Lipinski definition) is 7. The Morgan fingerprint density at radius 1 is 1.07 bits per heavy atom. The predicted octanol–water partition coefficient (Wildman–Crippen LogP) is 1.96. The van der Waals surface area contributed by atoms with Gasteiger partial charge in [-0.25, -0.2) is 9.59 Å². The van der Waals surface area contributed by atoms with Crippen molar-refractivity contribution >= 4 is 23.7 Å². The minimum absolute atomic E-state index is 0.123. The Morgan fingerprint density at radius 2 is 1.70 bits per heavy atom. The molecule has 2 aromatic rings. The minimum atomic E-state index is -5.30. The normalized spacial score (nSPS) is 10.9. The number of rotatable bonds is 5. The zero-order valence-electron chi connectivity index (χ0n) is 13.3. The van der Waals surface area contributed by atoms with Gasteiger partial charge in [0.2, 0.25) is 5.76 Å². The van der Waals surface area contributed by atoms with E-state index in [1.807, 2.05) is 0 Å². The molecule has 0 unspecified atom stereocenters. The van der Waals surface area contributed by atoms with Crippen LogP contribution in [-0.4, -0.2) is 29.9 Å². The molecule has 0 fully saturated rings. The minimum Gasteiger partial charge on any atom is -0.453 e. The van der Waals surface area contributed by atoms with Gasteiger partial charge in [-0.2, -0.15) is 13.2 Å². The molecule has 0 bridgehead atoms. The molecule has 0 saturated heterocycles. The Kier molecular flexibility index (Phi) is 5.63. The molecule has 0 aliphatic heterocycles. The first-order valence-corrected chi connectivity index (χ1v) is 7.13. The summed E-state index contributed by atoms with van der Waals surface area (Å²) in [6.45, 7) is 0. The van der Waals surface area contributed by atoms with Gasteiger partial charge >= 0.3 is 24.1 Å². The van der Waals surface area contributed by atoms with E-state index in [9.17, 15) is 27.6 Å². The third-order valence-electron chi connectivity index (χ3n) is 3.00. The zero-order valence-corrected chi connectivity index (χ0v) is 13.3. The van der Waals surface area contributed by atoms with E-state index in [1.54, 1.807) is 0 Å². The molecule has 0 radical (unpaired) electrons. The van der Waals surface area contributed by atoms with Crippen LogP contribution in [0.3, 0.4) is 0 Å². The second kappa shape index (κ2) is 7.72. The fourth-order valence-corrected chi connectivity index (χ4v) is 1.78. The SMILES string of the molecule is N=C(N)c1ccc(OC(=O)c2ccc(CC(=O)OC(=O)C(F)(F)F)o2)cc1. The highest BCUT2D eigenvalue weighted by molar-refractivity contribution is 5.95. The summed E-state index contributed by atoms with van der Waals surface area (Å²) in [6.07, 6.45) is -6.09. The van der Waals surface area contributed by atoms with Gasteiger partial charge in [0.25, 0.3) is 0 Å². The lowest BCUT2D eigenvalue weighted by Crippen LogP contribution is -2.28. The van der Waals surface area contributed by atoms with E-state index in [2.05, 4.69) is 4.74 Å². The Morgan fingerprint density at radius 3 is 2.26 bits per heavy atom. The first-order chi connectivity index (χ1) is 12.6. The number of furan rings is 1. The average Bonchev–Trinajstić information content (AvgIpc) is 3.02. The van der Waals surface area contributed by atoms with Gasteiger partial charge < -0.3 is 19.6 Å². The van der Waals surface area contributed by atoms with Crippen molar-refractivity contribution in [2.75, 3.05) is 0 Å². The summed E-state index contributed by atoms with van der Waals surface area (Å²) in [5.74, 6) is -5.64. The molecule has 0 saturated carbocycles. The van der Waals surface area contributed by atoms with Gasteiger partial charge in [-0.05, 0) is 36.4 Å². The van der Waals surface area contributed by atoms with Crippen LogP contribution in [-0.2, 0) is 20.7 Å². The van der Waals surface area contributed by atoms with Crippen molar-refractivity contribution in [1.82, 2.24) is 0 Å². The van der Waals surface area contributed by atoms with Crippen LogP contribution in [0.15, 0.2) is 40.8 Å². The molecular weight excluding hydrogens is 373 g/mol. The third-order valence-corrected chi connectivity index (χ3v) is 3.00. The summed E-state index contributed by atoms with van der Waals surface area (Å²) < 4.78 is 49.6. The van der Waals surface area contributed by atoms with Crippen molar-refractivity contribution in [2.45, 2.75) is 12.6 Å². The first-order valence-electron chi connectivity index (χ1n) is 7.13. The maximum absolute atomic E-state index is 12.0. The molecule has 0 aliphatic carbocycles. The molecule has 1 aromatic carbocycles. The van der Waals surface area contributed by atoms with Crippen molar-refractivity contribution in [3.8, 4) is 5.75 Å². The molecule has 0 atom stereocenters. The average molecular weight is 384 g/mol. The van der Waals surface area contributed by atoms with E-state index >= 15 is 0 Å². The molecule has 1 aromatic heterocycles. The van der Waals surface area contributed by atoms with Crippen molar-refractivity contribution in [3.63, 3.8) is 0 Å². The van der Waals surface area contributed by atoms with Gasteiger partial charge in [-0.15, -0.1) is 0 Å². The lowest BCUT2D eigenvalue weighted by atomic mass is 10.2. The molecule has 8 nitrogen and oxygen atoms in total. The van der Waals surface area contributed by atoms with E-state index < -0.39 is 30.5 Å². The number of esters is 3. The van der Waals surface area contributed by atoms with Crippen LogP contribution in [0.5, 0.6) is 5.75 Å². The maximum atomic E-state index is 12.0. The highest BCUT2D eigenvalue weighted by Crippen LogP contribution is 2.18. The maximum Gasteiger partial charge on any atom is 0.491 e. The molecule has 2 rings (SSSR count). The van der Waals surface area contributed by atoms with Crippen LogP contribution in [0.25, 0.3) is 0 Å². The predicted molar refractivity (Wildman–Crippen MR) is 82.0 cm³/mol. The molecule has 27 heavy (non-hydrogen) atoms. The molecular formula is C16H11F3N2O6. The lowest BCUT2D eigenvalue weighted by molar-refractivity contribution is -0.201. The molecule has 0 aliphatic rings.